The summed E-state index contributed by atoms with van der Waals surface area (Å²) in [6.07, 6.45) is 3.18. The topological polar surface area (TPSA) is 232 Å². The second-order valence-corrected chi connectivity index (χ2v) is 12.6. The standard InChI is InChI=1S/C36H43N11O5S.C2H6/c1-5-25-18-32(44-43-25)41-27-20-28-26(19-29(27)50-3)34(46-52-28)47-53-31-14-13-24(17-30(31)51-4)36(49)40-16-8-6-7-15-39-35(48)23-11-9-22(10-12-23)33(38)45-42-21(2)37;1-2/h9-14,17-20H,5-8,15-16H2,1-4H3,(H2,37,42)(H2,38,45)(H,39,48)(H,40,49)(H,46,47)(H2,41,43,44);1-2H3. The molecule has 0 radical (unpaired) electrons. The molecule has 0 aliphatic carbocycles. The number of anilines is 3. The van der Waals surface area contributed by atoms with Crippen LogP contribution in [-0.2, 0) is 6.42 Å². The van der Waals surface area contributed by atoms with Crippen molar-refractivity contribution < 1.29 is 23.6 Å². The van der Waals surface area contributed by atoms with Crippen LogP contribution in [0.15, 0.2) is 80.3 Å². The molecule has 2 aromatic heterocycles. The minimum atomic E-state index is -0.208. The number of carbonyl (C=O) groups is 2. The first-order valence-electron chi connectivity index (χ1n) is 17.9. The van der Waals surface area contributed by atoms with Crippen LogP contribution in [0.4, 0.5) is 17.3 Å². The molecule has 292 valence electrons. The third-order valence-corrected chi connectivity index (χ3v) is 8.79. The number of fused-ring (bicyclic) bond motifs is 1. The molecule has 2 heterocycles. The van der Waals surface area contributed by atoms with Crippen molar-refractivity contribution in [3.8, 4) is 11.5 Å². The number of benzene rings is 3. The molecule has 0 saturated carbocycles. The summed E-state index contributed by atoms with van der Waals surface area (Å²) >= 11 is 1.28. The molecule has 0 aliphatic rings. The Morgan fingerprint density at radius 2 is 1.51 bits per heavy atom. The largest absolute Gasteiger partial charge is 0.495 e. The van der Waals surface area contributed by atoms with Crippen LogP contribution in [0.2, 0.25) is 0 Å². The first-order valence-corrected chi connectivity index (χ1v) is 18.7. The third-order valence-electron chi connectivity index (χ3n) is 7.93. The van der Waals surface area contributed by atoms with Gasteiger partial charge in [0, 0.05) is 47.6 Å². The minimum absolute atomic E-state index is 0.185. The number of hydrogen-bond acceptors (Lipinski definition) is 12. The number of ether oxygens (including phenoxy) is 2. The highest BCUT2D eigenvalue weighted by atomic mass is 32.2. The van der Waals surface area contributed by atoms with E-state index < -0.39 is 0 Å². The number of unbranched alkanes of at least 4 members (excludes halogenated alkanes) is 2. The van der Waals surface area contributed by atoms with E-state index in [-0.39, 0.29) is 17.6 Å². The highest BCUT2D eigenvalue weighted by Crippen LogP contribution is 2.38. The average molecular weight is 772 g/mol. The van der Waals surface area contributed by atoms with Gasteiger partial charge < -0.3 is 46.1 Å². The zero-order valence-electron chi connectivity index (χ0n) is 31.9. The second kappa shape index (κ2) is 20.9. The molecule has 3 aromatic carbocycles. The van der Waals surface area contributed by atoms with E-state index in [4.69, 9.17) is 25.5 Å². The predicted octanol–water partition coefficient (Wildman–Crippen LogP) is 6.35. The molecule has 0 fully saturated rings. The van der Waals surface area contributed by atoms with Crippen molar-refractivity contribution in [3.05, 3.63) is 83.0 Å². The van der Waals surface area contributed by atoms with Crippen LogP contribution in [-0.4, -0.2) is 66.1 Å². The molecule has 5 aromatic rings. The predicted molar refractivity (Wildman–Crippen MR) is 219 cm³/mol. The fourth-order valence-corrected chi connectivity index (χ4v) is 5.80. The molecule has 16 nitrogen and oxygen atoms in total. The number of amides is 2. The number of methoxy groups -OCH3 is 2. The van der Waals surface area contributed by atoms with Crippen LogP contribution in [0.1, 0.15) is 78.9 Å². The normalized spacial score (nSPS) is 11.4. The number of nitrogens with two attached hydrogens (primary N) is 2. The molecule has 0 spiro atoms. The summed E-state index contributed by atoms with van der Waals surface area (Å²) < 4.78 is 20.0. The molecule has 0 bridgehead atoms. The van der Waals surface area contributed by atoms with Gasteiger partial charge in [-0.3, -0.25) is 14.7 Å². The van der Waals surface area contributed by atoms with Crippen LogP contribution in [0.3, 0.4) is 0 Å². The van der Waals surface area contributed by atoms with Crippen LogP contribution in [0.25, 0.3) is 11.0 Å². The van der Waals surface area contributed by atoms with Gasteiger partial charge in [-0.25, -0.2) is 0 Å². The summed E-state index contributed by atoms with van der Waals surface area (Å²) in [4.78, 5) is 26.1. The van der Waals surface area contributed by atoms with Crippen molar-refractivity contribution in [1.29, 1.82) is 0 Å². The van der Waals surface area contributed by atoms with E-state index in [2.05, 4.69) is 46.2 Å². The van der Waals surface area contributed by atoms with Gasteiger partial charge in [0.2, 0.25) is 0 Å². The zero-order chi connectivity index (χ0) is 39.7. The summed E-state index contributed by atoms with van der Waals surface area (Å²) in [5.41, 5.74) is 15.2. The third kappa shape index (κ3) is 11.6. The first-order chi connectivity index (χ1) is 26.7. The summed E-state index contributed by atoms with van der Waals surface area (Å²) in [5.74, 6) is 2.39. The zero-order valence-corrected chi connectivity index (χ0v) is 32.7. The number of hydrogen-bond donors (Lipinski definition) is 7. The monoisotopic (exact) mass is 771 g/mol. The Bertz CT molecular complexity index is 2090. The van der Waals surface area contributed by atoms with Gasteiger partial charge in [0.05, 0.1) is 30.2 Å². The van der Waals surface area contributed by atoms with Crippen molar-refractivity contribution in [1.82, 2.24) is 26.0 Å². The summed E-state index contributed by atoms with van der Waals surface area (Å²) in [7, 11) is 3.14. The molecule has 0 aliphatic heterocycles. The smallest absolute Gasteiger partial charge is 0.251 e. The van der Waals surface area contributed by atoms with Crippen molar-refractivity contribution in [3.63, 3.8) is 0 Å². The maximum atomic E-state index is 12.9. The number of aromatic nitrogens is 3. The molecule has 5 rings (SSSR count). The van der Waals surface area contributed by atoms with E-state index in [0.29, 0.717) is 70.0 Å². The van der Waals surface area contributed by atoms with Crippen molar-refractivity contribution in [2.45, 2.75) is 58.3 Å². The number of aryl methyl sites for hydroxylation is 1. The van der Waals surface area contributed by atoms with Crippen molar-refractivity contribution in [2.75, 3.05) is 37.3 Å². The lowest BCUT2D eigenvalue weighted by molar-refractivity contribution is 0.0947. The van der Waals surface area contributed by atoms with Gasteiger partial charge in [-0.1, -0.05) is 38.1 Å². The maximum absolute atomic E-state index is 12.9. The molecule has 55 heavy (non-hydrogen) atoms. The number of H-pyrrole nitrogens is 1. The van der Waals surface area contributed by atoms with E-state index in [0.717, 1.165) is 41.7 Å². The number of nitrogens with one attached hydrogen (secondary N) is 5. The van der Waals surface area contributed by atoms with Crippen LogP contribution >= 0.6 is 11.9 Å². The van der Waals surface area contributed by atoms with Crippen LogP contribution in [0.5, 0.6) is 11.5 Å². The summed E-state index contributed by atoms with van der Waals surface area (Å²) in [6.45, 7) is 8.66. The van der Waals surface area contributed by atoms with Gasteiger partial charge in [-0.05, 0) is 81.0 Å². The van der Waals surface area contributed by atoms with Crippen LogP contribution in [0, 0.1) is 0 Å². The van der Waals surface area contributed by atoms with Gasteiger partial charge in [-0.15, -0.1) is 10.2 Å². The van der Waals surface area contributed by atoms with Crippen molar-refractivity contribution >= 4 is 63.7 Å². The highest BCUT2D eigenvalue weighted by Gasteiger charge is 2.17. The fraction of sp³-hybridized carbons (Fsp3) is 0.316. The van der Waals surface area contributed by atoms with Crippen LogP contribution < -0.4 is 41.6 Å². The van der Waals surface area contributed by atoms with E-state index in [1.807, 2.05) is 39.0 Å². The van der Waals surface area contributed by atoms with E-state index in [1.165, 1.54) is 11.9 Å². The number of aromatic amines is 1. The van der Waals surface area contributed by atoms with E-state index >= 15 is 0 Å². The Labute approximate surface area is 324 Å². The Morgan fingerprint density at radius 1 is 0.855 bits per heavy atom. The quantitative estimate of drug-likeness (QED) is 0.0170. The molecule has 0 atom stereocenters. The average Bonchev–Trinajstić information content (AvgIpc) is 3.84. The first kappa shape index (κ1) is 41.5. The molecule has 9 N–H and O–H groups in total. The van der Waals surface area contributed by atoms with E-state index in [9.17, 15) is 9.59 Å². The Morgan fingerprint density at radius 3 is 2.15 bits per heavy atom. The van der Waals surface area contributed by atoms with Gasteiger partial charge >= 0.3 is 0 Å². The van der Waals surface area contributed by atoms with Crippen molar-refractivity contribution in [2.24, 2.45) is 21.7 Å². The Hall–Kier alpha value is -6.23. The van der Waals surface area contributed by atoms with Gasteiger partial charge in [-0.2, -0.15) is 5.10 Å². The molecule has 0 saturated heterocycles. The number of rotatable bonds is 18. The fourth-order valence-electron chi connectivity index (χ4n) is 5.06. The minimum Gasteiger partial charge on any atom is -0.495 e. The maximum Gasteiger partial charge on any atom is 0.251 e. The van der Waals surface area contributed by atoms with Gasteiger partial charge in [0.1, 0.15) is 17.3 Å². The lowest BCUT2D eigenvalue weighted by Crippen LogP contribution is -2.26. The number of nitrogens with zero attached hydrogens (tertiary/aromatic N) is 4. The lowest BCUT2D eigenvalue weighted by atomic mass is 10.1. The van der Waals surface area contributed by atoms with E-state index in [1.54, 1.807) is 63.6 Å². The second-order valence-electron chi connectivity index (χ2n) is 11.8. The summed E-state index contributed by atoms with van der Waals surface area (Å²) in [5, 5.41) is 28.9. The molecular formula is C38H49N11O5S. The highest BCUT2D eigenvalue weighted by molar-refractivity contribution is 8.00. The number of amidine groups is 2. The van der Waals surface area contributed by atoms with Gasteiger partial charge in [0.25, 0.3) is 11.8 Å². The number of carbonyl (C=O) groups excluding carboxylic acids is 2. The Balaban J connectivity index is 0.00000331. The summed E-state index contributed by atoms with van der Waals surface area (Å²) in [6, 6.07) is 17.6. The lowest BCUT2D eigenvalue weighted by Gasteiger charge is -2.11. The molecule has 0 unspecified atom stereocenters. The molecule has 17 heteroatoms. The SMILES string of the molecule is CC.CCc1cc(Nc2cc3onc(NSc4ccc(C(=O)NCCCCCNC(=O)c5ccc(/C(N)=N/N=C(/C)N)cc5)cc4OC)c3cc2OC)n[nH]1. The molecular weight excluding hydrogens is 723 g/mol. The van der Waals surface area contributed by atoms with Gasteiger partial charge in [0.15, 0.2) is 23.1 Å². The molecule has 2 amide bonds. The Kier molecular flexibility index (Phi) is 15.8.